The van der Waals surface area contributed by atoms with Gasteiger partial charge in [-0.25, -0.2) is 4.98 Å². The van der Waals surface area contributed by atoms with E-state index in [1.807, 2.05) is 6.92 Å². The number of hydrogen-bond acceptors (Lipinski definition) is 4. The molecule has 96 valence electrons. The molecule has 1 atom stereocenters. The zero-order chi connectivity index (χ0) is 12.7. The van der Waals surface area contributed by atoms with Crippen LogP contribution in [0, 0.1) is 0 Å². The summed E-state index contributed by atoms with van der Waals surface area (Å²) >= 11 is 1.53. The Morgan fingerprint density at radius 1 is 1.71 bits per heavy atom. The lowest BCUT2D eigenvalue weighted by Gasteiger charge is -2.25. The van der Waals surface area contributed by atoms with Crippen LogP contribution < -0.4 is 5.32 Å². The van der Waals surface area contributed by atoms with E-state index in [0.717, 1.165) is 11.6 Å². The van der Waals surface area contributed by atoms with Crippen LogP contribution in [-0.4, -0.2) is 38.9 Å². The molecule has 3 N–H and O–H groups in total. The zero-order valence-corrected chi connectivity index (χ0v) is 11.0. The van der Waals surface area contributed by atoms with Crippen molar-refractivity contribution in [2.45, 2.75) is 37.4 Å². The number of nitrogens with zero attached hydrogens (tertiary/aromatic N) is 1. The van der Waals surface area contributed by atoms with Crippen molar-refractivity contribution < 1.29 is 9.90 Å². The first-order valence-corrected chi connectivity index (χ1v) is 6.67. The number of hydrogen-bond donors (Lipinski definition) is 3. The minimum Gasteiger partial charge on any atom is -0.480 e. The van der Waals surface area contributed by atoms with Gasteiger partial charge in [0.2, 0.25) is 0 Å². The molecule has 0 aliphatic carbocycles. The van der Waals surface area contributed by atoms with Crippen LogP contribution in [0.2, 0.25) is 0 Å². The van der Waals surface area contributed by atoms with Gasteiger partial charge in [0.15, 0.2) is 5.16 Å². The van der Waals surface area contributed by atoms with Gasteiger partial charge < -0.3 is 15.4 Å². The maximum absolute atomic E-state index is 11.2. The number of carbonyl (C=O) groups is 1. The standard InChI is InChI=1S/C11H19N3O2S/c1-3-5-14-11(2,9(15)16)4-8-17-10-12-6-7-13-10/h6-7,14H,3-5,8H2,1-2H3,(H,12,13)(H,15,16). The number of aromatic amines is 1. The van der Waals surface area contributed by atoms with Gasteiger partial charge in [-0.15, -0.1) is 0 Å². The Morgan fingerprint density at radius 3 is 3.00 bits per heavy atom. The highest BCUT2D eigenvalue weighted by atomic mass is 32.2. The Bertz CT molecular complexity index is 342. The van der Waals surface area contributed by atoms with Crippen molar-refractivity contribution in [3.8, 4) is 0 Å². The van der Waals surface area contributed by atoms with Crippen molar-refractivity contribution in [1.29, 1.82) is 0 Å². The van der Waals surface area contributed by atoms with Gasteiger partial charge >= 0.3 is 5.97 Å². The fourth-order valence-electron chi connectivity index (χ4n) is 1.35. The average Bonchev–Trinajstić information content (AvgIpc) is 2.79. The van der Waals surface area contributed by atoms with Crippen LogP contribution in [0.5, 0.6) is 0 Å². The van der Waals surface area contributed by atoms with Crippen LogP contribution in [0.1, 0.15) is 26.7 Å². The van der Waals surface area contributed by atoms with Gasteiger partial charge in [-0.3, -0.25) is 4.79 Å². The number of nitrogens with one attached hydrogen (secondary N) is 2. The summed E-state index contributed by atoms with van der Waals surface area (Å²) in [7, 11) is 0. The van der Waals surface area contributed by atoms with Crippen molar-refractivity contribution in [1.82, 2.24) is 15.3 Å². The van der Waals surface area contributed by atoms with E-state index in [1.165, 1.54) is 11.8 Å². The van der Waals surface area contributed by atoms with Gasteiger partial charge in [-0.1, -0.05) is 18.7 Å². The smallest absolute Gasteiger partial charge is 0.323 e. The van der Waals surface area contributed by atoms with E-state index in [-0.39, 0.29) is 0 Å². The summed E-state index contributed by atoms with van der Waals surface area (Å²) in [5.41, 5.74) is -0.852. The van der Waals surface area contributed by atoms with Crippen molar-refractivity contribution in [3.63, 3.8) is 0 Å². The van der Waals surface area contributed by atoms with Gasteiger partial charge in [0, 0.05) is 18.1 Å². The second kappa shape index (κ2) is 6.66. The summed E-state index contributed by atoms with van der Waals surface area (Å²) in [6, 6.07) is 0. The topological polar surface area (TPSA) is 78.0 Å². The molecule has 0 amide bonds. The molecule has 0 bridgehead atoms. The van der Waals surface area contributed by atoms with Gasteiger partial charge in [-0.05, 0) is 26.3 Å². The highest BCUT2D eigenvalue weighted by molar-refractivity contribution is 7.99. The molecule has 1 rings (SSSR count). The first-order chi connectivity index (χ1) is 8.08. The fourth-order valence-corrected chi connectivity index (χ4v) is 2.34. The molecule has 1 heterocycles. The molecule has 0 saturated carbocycles. The molecule has 0 aromatic carbocycles. The predicted molar refractivity (Wildman–Crippen MR) is 68.3 cm³/mol. The summed E-state index contributed by atoms with van der Waals surface area (Å²) in [5, 5.41) is 13.1. The third-order valence-electron chi connectivity index (χ3n) is 2.55. The summed E-state index contributed by atoms with van der Waals surface area (Å²) in [6.07, 6.45) is 4.93. The molecule has 1 unspecified atom stereocenters. The third-order valence-corrected chi connectivity index (χ3v) is 3.46. The lowest BCUT2D eigenvalue weighted by molar-refractivity contribution is -0.144. The Morgan fingerprint density at radius 2 is 2.47 bits per heavy atom. The molecular formula is C11H19N3O2S. The molecule has 5 nitrogen and oxygen atoms in total. The number of imidazole rings is 1. The number of aliphatic carboxylic acids is 1. The quantitative estimate of drug-likeness (QED) is 0.618. The molecule has 1 aromatic rings. The summed E-state index contributed by atoms with van der Waals surface area (Å²) < 4.78 is 0. The monoisotopic (exact) mass is 257 g/mol. The summed E-state index contributed by atoms with van der Waals surface area (Å²) in [4.78, 5) is 18.3. The SMILES string of the molecule is CCCNC(C)(CCSc1ncc[nH]1)C(=O)O. The van der Waals surface area contributed by atoms with Gasteiger partial charge in [0.05, 0.1) is 0 Å². The lowest BCUT2D eigenvalue weighted by Crippen LogP contribution is -2.50. The molecule has 6 heteroatoms. The van der Waals surface area contributed by atoms with Crippen LogP contribution in [0.15, 0.2) is 17.6 Å². The van der Waals surface area contributed by atoms with E-state index in [9.17, 15) is 9.90 Å². The number of H-pyrrole nitrogens is 1. The maximum atomic E-state index is 11.2. The Kier molecular flexibility index (Phi) is 5.50. The number of thioether (sulfide) groups is 1. The van der Waals surface area contributed by atoms with Crippen LogP contribution in [0.25, 0.3) is 0 Å². The second-order valence-electron chi connectivity index (χ2n) is 4.06. The van der Waals surface area contributed by atoms with Crippen molar-refractivity contribution in [3.05, 3.63) is 12.4 Å². The molecular weight excluding hydrogens is 238 g/mol. The molecule has 1 aromatic heterocycles. The van der Waals surface area contributed by atoms with Gasteiger partial charge in [-0.2, -0.15) is 0 Å². The molecule has 0 aliphatic heterocycles. The normalized spacial score (nSPS) is 14.5. The Labute approximate surface area is 105 Å². The second-order valence-corrected chi connectivity index (χ2v) is 5.14. The van der Waals surface area contributed by atoms with E-state index >= 15 is 0 Å². The molecule has 0 aliphatic rings. The maximum Gasteiger partial charge on any atom is 0.323 e. The van der Waals surface area contributed by atoms with Gasteiger partial charge in [0.25, 0.3) is 0 Å². The van der Waals surface area contributed by atoms with Crippen LogP contribution >= 0.6 is 11.8 Å². The average molecular weight is 257 g/mol. The van der Waals surface area contributed by atoms with Crippen molar-refractivity contribution in [2.75, 3.05) is 12.3 Å². The minimum absolute atomic E-state index is 0.563. The number of carboxylic acids is 1. The van der Waals surface area contributed by atoms with E-state index in [2.05, 4.69) is 15.3 Å². The van der Waals surface area contributed by atoms with Crippen molar-refractivity contribution >= 4 is 17.7 Å². The summed E-state index contributed by atoms with van der Waals surface area (Å²) in [6.45, 7) is 4.47. The highest BCUT2D eigenvalue weighted by Gasteiger charge is 2.31. The molecule has 0 spiro atoms. The van der Waals surface area contributed by atoms with Crippen LogP contribution in [0.4, 0.5) is 0 Å². The predicted octanol–water partition coefficient (Wildman–Crippen LogP) is 1.73. The highest BCUT2D eigenvalue weighted by Crippen LogP contribution is 2.19. The molecule has 0 saturated heterocycles. The number of carboxylic acid groups (broad SMARTS) is 1. The van der Waals surface area contributed by atoms with E-state index < -0.39 is 11.5 Å². The Balaban J connectivity index is 2.41. The first-order valence-electron chi connectivity index (χ1n) is 5.69. The summed E-state index contributed by atoms with van der Waals surface area (Å²) in [5.74, 6) is -0.0847. The van der Waals surface area contributed by atoms with Crippen LogP contribution in [0.3, 0.4) is 0 Å². The number of rotatable bonds is 8. The van der Waals surface area contributed by atoms with E-state index in [1.54, 1.807) is 19.3 Å². The van der Waals surface area contributed by atoms with Crippen LogP contribution in [-0.2, 0) is 4.79 Å². The molecule has 17 heavy (non-hydrogen) atoms. The zero-order valence-electron chi connectivity index (χ0n) is 10.2. The Hall–Kier alpha value is -1.01. The van der Waals surface area contributed by atoms with E-state index in [0.29, 0.717) is 18.7 Å². The lowest BCUT2D eigenvalue weighted by atomic mass is 9.99. The molecule has 0 fully saturated rings. The third kappa shape index (κ3) is 4.40. The number of aromatic nitrogens is 2. The van der Waals surface area contributed by atoms with E-state index in [4.69, 9.17) is 0 Å². The van der Waals surface area contributed by atoms with Gasteiger partial charge in [0.1, 0.15) is 5.54 Å². The fraction of sp³-hybridized carbons (Fsp3) is 0.636. The minimum atomic E-state index is -0.852. The first kappa shape index (κ1) is 14.1. The largest absolute Gasteiger partial charge is 0.480 e. The molecule has 0 radical (unpaired) electrons. The van der Waals surface area contributed by atoms with Crippen molar-refractivity contribution in [2.24, 2.45) is 0 Å².